The Hall–Kier alpha value is 0. The summed E-state index contributed by atoms with van der Waals surface area (Å²) in [7, 11) is 0. The standard InChI is InChI=1S/C14H16/c1-3-7-9-4(1)10-8(3)12-6-2-5(11(7)12)13(9)14(6)10/h3-14H,1-2H2. The summed E-state index contributed by atoms with van der Waals surface area (Å²) >= 11 is 0. The van der Waals surface area contributed by atoms with Crippen LogP contribution in [0.1, 0.15) is 12.8 Å². The SMILES string of the molecule is C1C2C3C4C1C1C2C2C5CC(C32)C4C51. The van der Waals surface area contributed by atoms with Gasteiger partial charge in [-0.25, -0.2) is 0 Å². The number of hydrogen-bond acceptors (Lipinski definition) is 0. The van der Waals surface area contributed by atoms with Crippen LogP contribution in [0.4, 0.5) is 0 Å². The van der Waals surface area contributed by atoms with Crippen LogP contribution in [-0.4, -0.2) is 0 Å². The van der Waals surface area contributed by atoms with Crippen LogP contribution in [0, 0.1) is 71.0 Å². The van der Waals surface area contributed by atoms with Crippen molar-refractivity contribution >= 4 is 0 Å². The van der Waals surface area contributed by atoms with Crippen molar-refractivity contribution in [3.05, 3.63) is 0 Å². The van der Waals surface area contributed by atoms with E-state index >= 15 is 0 Å². The van der Waals surface area contributed by atoms with Crippen molar-refractivity contribution in [1.29, 1.82) is 0 Å². The van der Waals surface area contributed by atoms with Crippen molar-refractivity contribution in [1.82, 2.24) is 0 Å². The summed E-state index contributed by atoms with van der Waals surface area (Å²) in [4.78, 5) is 0. The van der Waals surface area contributed by atoms with Gasteiger partial charge in [0.25, 0.3) is 0 Å². The van der Waals surface area contributed by atoms with E-state index in [1.807, 2.05) is 0 Å². The zero-order chi connectivity index (χ0) is 8.34. The summed E-state index contributed by atoms with van der Waals surface area (Å²) < 4.78 is 0. The van der Waals surface area contributed by atoms with Gasteiger partial charge >= 0.3 is 0 Å². The third-order valence-electron chi connectivity index (χ3n) is 8.60. The highest BCUT2D eigenvalue weighted by Gasteiger charge is 2.88. The van der Waals surface area contributed by atoms with Gasteiger partial charge in [0.05, 0.1) is 0 Å². The Labute approximate surface area is 84.4 Å². The molecule has 4 bridgehead atoms. The lowest BCUT2D eigenvalue weighted by atomic mass is 9.80. The monoisotopic (exact) mass is 184 g/mol. The minimum Gasteiger partial charge on any atom is -0.0464 e. The fourth-order valence-corrected chi connectivity index (χ4v) is 9.53. The zero-order valence-electron chi connectivity index (χ0n) is 8.34. The van der Waals surface area contributed by atoms with E-state index in [1.54, 1.807) is 12.8 Å². The summed E-state index contributed by atoms with van der Waals surface area (Å²) in [6, 6.07) is 0. The van der Waals surface area contributed by atoms with Crippen LogP contribution in [0.5, 0.6) is 0 Å². The van der Waals surface area contributed by atoms with Gasteiger partial charge in [-0.2, -0.15) is 0 Å². The molecule has 8 saturated carbocycles. The molecule has 72 valence electrons. The minimum atomic E-state index is 1.28. The van der Waals surface area contributed by atoms with Gasteiger partial charge in [0.15, 0.2) is 0 Å². The van der Waals surface area contributed by atoms with Crippen LogP contribution in [-0.2, 0) is 0 Å². The van der Waals surface area contributed by atoms with Gasteiger partial charge in [-0.1, -0.05) is 0 Å². The van der Waals surface area contributed by atoms with E-state index in [0.29, 0.717) is 0 Å². The van der Waals surface area contributed by atoms with Gasteiger partial charge in [0.2, 0.25) is 0 Å². The Morgan fingerprint density at radius 2 is 0.571 bits per heavy atom. The molecular formula is C14H16. The maximum absolute atomic E-state index is 1.71. The lowest BCUT2D eigenvalue weighted by Crippen LogP contribution is -2.21. The van der Waals surface area contributed by atoms with Crippen molar-refractivity contribution in [2.75, 3.05) is 0 Å². The molecule has 0 aromatic heterocycles. The molecule has 0 N–H and O–H groups in total. The molecule has 0 aromatic rings. The summed E-state index contributed by atoms with van der Waals surface area (Å²) in [5.41, 5.74) is 0. The van der Waals surface area contributed by atoms with Crippen molar-refractivity contribution in [3.63, 3.8) is 0 Å². The minimum absolute atomic E-state index is 1.28. The van der Waals surface area contributed by atoms with E-state index in [-0.39, 0.29) is 0 Å². The van der Waals surface area contributed by atoms with Crippen LogP contribution < -0.4 is 0 Å². The first-order valence-electron chi connectivity index (χ1n) is 6.97. The topological polar surface area (TPSA) is 0 Å². The molecule has 8 aliphatic carbocycles. The Morgan fingerprint density at radius 3 is 0.786 bits per heavy atom. The van der Waals surface area contributed by atoms with Crippen LogP contribution in [0.15, 0.2) is 0 Å². The molecule has 0 aliphatic heterocycles. The molecule has 8 aliphatic rings. The average Bonchev–Trinajstić information content (AvgIpc) is 2.79. The normalized spacial score (nSPS) is 96.0. The van der Waals surface area contributed by atoms with Gasteiger partial charge < -0.3 is 0 Å². The molecule has 0 amide bonds. The molecule has 14 heavy (non-hydrogen) atoms. The first-order valence-corrected chi connectivity index (χ1v) is 6.97. The largest absolute Gasteiger partial charge is 0.0464 e. The van der Waals surface area contributed by atoms with Crippen LogP contribution in [0.3, 0.4) is 0 Å². The highest BCUT2D eigenvalue weighted by Crippen LogP contribution is 2.92. The number of hydrogen-bond donors (Lipinski definition) is 0. The summed E-state index contributed by atoms with van der Waals surface area (Å²) in [6.07, 6.45) is 3.42. The van der Waals surface area contributed by atoms with Crippen LogP contribution >= 0.6 is 0 Å². The van der Waals surface area contributed by atoms with E-state index < -0.39 is 0 Å². The van der Waals surface area contributed by atoms with Crippen LogP contribution in [0.2, 0.25) is 0 Å². The highest BCUT2D eigenvalue weighted by atomic mass is 14.9. The van der Waals surface area contributed by atoms with Crippen LogP contribution in [0.25, 0.3) is 0 Å². The number of rotatable bonds is 0. The molecule has 0 saturated heterocycles. The second-order valence-electron chi connectivity index (χ2n) is 7.75. The van der Waals surface area contributed by atoms with Gasteiger partial charge in [0, 0.05) is 0 Å². The molecule has 8 fully saturated rings. The van der Waals surface area contributed by atoms with E-state index in [2.05, 4.69) is 0 Å². The molecule has 0 nitrogen and oxygen atoms in total. The van der Waals surface area contributed by atoms with Crippen molar-refractivity contribution in [2.24, 2.45) is 71.0 Å². The van der Waals surface area contributed by atoms with Gasteiger partial charge in [-0.15, -0.1) is 0 Å². The molecule has 0 atom stereocenters. The molecule has 8 rings (SSSR count). The third-order valence-corrected chi connectivity index (χ3v) is 8.60. The van der Waals surface area contributed by atoms with Crippen molar-refractivity contribution < 1.29 is 0 Å². The highest BCUT2D eigenvalue weighted by molar-refractivity contribution is 5.35. The average molecular weight is 184 g/mol. The fraction of sp³-hybridized carbons (Fsp3) is 1.00. The van der Waals surface area contributed by atoms with Gasteiger partial charge in [0.1, 0.15) is 0 Å². The van der Waals surface area contributed by atoms with Crippen molar-refractivity contribution in [3.8, 4) is 0 Å². The lowest BCUT2D eigenvalue weighted by Gasteiger charge is -2.25. The predicted octanol–water partition coefficient (Wildman–Crippen LogP) is 2.26. The molecule has 0 aromatic carbocycles. The second kappa shape index (κ2) is 1.30. The fourth-order valence-electron chi connectivity index (χ4n) is 9.53. The quantitative estimate of drug-likeness (QED) is 0.541. The summed E-state index contributed by atoms with van der Waals surface area (Å²) in [5, 5.41) is 0. The molecule has 0 heterocycles. The lowest BCUT2D eigenvalue weighted by molar-refractivity contribution is 0.220. The molecule has 0 heteroatoms. The Bertz CT molecular complexity index is 277. The zero-order valence-corrected chi connectivity index (χ0v) is 8.34. The summed E-state index contributed by atoms with van der Waals surface area (Å²) in [6.45, 7) is 0. The molecule has 0 spiro atoms. The Morgan fingerprint density at radius 1 is 0.357 bits per heavy atom. The third kappa shape index (κ3) is 0.280. The van der Waals surface area contributed by atoms with Crippen molar-refractivity contribution in [2.45, 2.75) is 12.8 Å². The maximum Gasteiger partial charge on any atom is -0.0315 e. The summed E-state index contributed by atoms with van der Waals surface area (Å²) in [5.74, 6) is 15.6. The molecule has 0 radical (unpaired) electrons. The smallest absolute Gasteiger partial charge is 0.0315 e. The van der Waals surface area contributed by atoms with E-state index in [0.717, 1.165) is 0 Å². The first kappa shape index (κ1) is 5.92. The maximum atomic E-state index is 1.71. The van der Waals surface area contributed by atoms with E-state index in [1.165, 1.54) is 71.0 Å². The first-order chi connectivity index (χ1) is 6.97. The van der Waals surface area contributed by atoms with E-state index in [4.69, 9.17) is 0 Å². The molecular weight excluding hydrogens is 168 g/mol. The Kier molecular flexibility index (Phi) is 0.548. The Balaban J connectivity index is 1.77. The molecule has 0 unspecified atom stereocenters. The second-order valence-corrected chi connectivity index (χ2v) is 7.75. The van der Waals surface area contributed by atoms with Gasteiger partial charge in [-0.05, 0) is 83.9 Å². The van der Waals surface area contributed by atoms with Gasteiger partial charge in [-0.3, -0.25) is 0 Å². The van der Waals surface area contributed by atoms with E-state index in [9.17, 15) is 0 Å². The predicted molar refractivity (Wildman–Crippen MR) is 51.1 cm³/mol.